The van der Waals surface area contributed by atoms with E-state index in [2.05, 4.69) is 11.9 Å². The fourth-order valence-electron chi connectivity index (χ4n) is 3.29. The van der Waals surface area contributed by atoms with Crippen LogP contribution in [0.3, 0.4) is 0 Å². The predicted octanol–water partition coefficient (Wildman–Crippen LogP) is -0.131. The highest BCUT2D eigenvalue weighted by Gasteiger charge is 2.29. The lowest BCUT2D eigenvalue weighted by molar-refractivity contribution is -0.860. The first-order valence-electron chi connectivity index (χ1n) is 6.76. The second-order valence-corrected chi connectivity index (χ2v) is 5.59. The van der Waals surface area contributed by atoms with Crippen LogP contribution in [-0.4, -0.2) is 48.7 Å². The molecule has 0 radical (unpaired) electrons. The van der Waals surface area contributed by atoms with Crippen LogP contribution in [0.15, 0.2) is 0 Å². The van der Waals surface area contributed by atoms with Crippen LogP contribution in [0.1, 0.15) is 25.7 Å². The van der Waals surface area contributed by atoms with Gasteiger partial charge in [-0.25, -0.2) is 0 Å². The van der Waals surface area contributed by atoms with Gasteiger partial charge in [-0.1, -0.05) is 0 Å². The quantitative estimate of drug-likeness (QED) is 0.676. The summed E-state index contributed by atoms with van der Waals surface area (Å²) in [7, 11) is 4.06. The SMILES string of the molecule is [CH2-][NH+]1CCC(C2CCN(CC(=O)O)CC2)CC1. The Labute approximate surface area is 104 Å². The summed E-state index contributed by atoms with van der Waals surface area (Å²) in [4.78, 5) is 14.1. The molecule has 2 fully saturated rings. The third-order valence-corrected chi connectivity index (χ3v) is 4.40. The third-order valence-electron chi connectivity index (χ3n) is 4.40. The molecule has 2 N–H and O–H groups in total. The average Bonchev–Trinajstić information content (AvgIpc) is 2.30. The molecule has 17 heavy (non-hydrogen) atoms. The Morgan fingerprint density at radius 1 is 1.18 bits per heavy atom. The van der Waals surface area contributed by atoms with Gasteiger partial charge in [0.1, 0.15) is 0 Å². The largest absolute Gasteiger partial charge is 0.480 e. The molecule has 2 aliphatic rings. The zero-order valence-electron chi connectivity index (χ0n) is 10.5. The lowest BCUT2D eigenvalue weighted by atomic mass is 9.79. The van der Waals surface area contributed by atoms with Gasteiger partial charge in [-0.05, 0) is 50.6 Å². The molecule has 0 bridgehead atoms. The number of rotatable bonds is 3. The van der Waals surface area contributed by atoms with E-state index in [1.54, 1.807) is 0 Å². The fraction of sp³-hybridized carbons (Fsp3) is 0.846. The number of carboxylic acids is 1. The van der Waals surface area contributed by atoms with Crippen molar-refractivity contribution in [1.82, 2.24) is 4.90 Å². The van der Waals surface area contributed by atoms with Gasteiger partial charge in [0.05, 0.1) is 19.6 Å². The zero-order valence-corrected chi connectivity index (χ0v) is 10.5. The Hall–Kier alpha value is -0.610. The molecule has 2 rings (SSSR count). The predicted molar refractivity (Wildman–Crippen MR) is 65.6 cm³/mol. The van der Waals surface area contributed by atoms with Crippen LogP contribution < -0.4 is 4.90 Å². The number of hydrogen-bond donors (Lipinski definition) is 2. The lowest BCUT2D eigenvalue weighted by Gasteiger charge is -2.39. The van der Waals surface area contributed by atoms with Gasteiger partial charge in [0.25, 0.3) is 0 Å². The second-order valence-electron chi connectivity index (χ2n) is 5.59. The van der Waals surface area contributed by atoms with Crippen molar-refractivity contribution >= 4 is 5.97 Å². The van der Waals surface area contributed by atoms with E-state index in [1.807, 2.05) is 0 Å². The number of nitrogens with one attached hydrogen (secondary N) is 1. The topological polar surface area (TPSA) is 45.0 Å². The molecule has 0 unspecified atom stereocenters. The molecule has 0 aromatic carbocycles. The maximum absolute atomic E-state index is 10.6. The third kappa shape index (κ3) is 3.68. The maximum atomic E-state index is 10.6. The van der Waals surface area contributed by atoms with E-state index in [4.69, 9.17) is 5.11 Å². The highest BCUT2D eigenvalue weighted by molar-refractivity contribution is 5.69. The number of quaternary nitrogens is 1. The normalized spacial score (nSPS) is 32.5. The van der Waals surface area contributed by atoms with E-state index in [0.29, 0.717) is 0 Å². The number of likely N-dealkylation sites (tertiary alicyclic amines) is 2. The molecule has 98 valence electrons. The summed E-state index contributed by atoms with van der Waals surface area (Å²) < 4.78 is 0. The van der Waals surface area contributed by atoms with E-state index in [-0.39, 0.29) is 6.54 Å². The minimum Gasteiger partial charge on any atom is -0.480 e. The van der Waals surface area contributed by atoms with Crippen LogP contribution >= 0.6 is 0 Å². The Balaban J connectivity index is 1.73. The van der Waals surface area contributed by atoms with Crippen molar-refractivity contribution in [3.05, 3.63) is 7.05 Å². The van der Waals surface area contributed by atoms with Gasteiger partial charge in [-0.15, -0.1) is 0 Å². The number of carboxylic acid groups (broad SMARTS) is 1. The second kappa shape index (κ2) is 5.83. The molecule has 0 aromatic heterocycles. The standard InChI is InChI=1S/C13H24N2O2/c1-14-6-2-11(3-7-14)12-4-8-15(9-5-12)10-13(16)17/h11-12,14H,1-10H2,(H,16,17). The van der Waals surface area contributed by atoms with Gasteiger partial charge in [-0.2, -0.15) is 7.05 Å². The molecule has 2 saturated heterocycles. The summed E-state index contributed by atoms with van der Waals surface area (Å²) in [6.45, 7) is 4.57. The molecule has 0 saturated carbocycles. The van der Waals surface area contributed by atoms with Crippen LogP contribution in [0.5, 0.6) is 0 Å². The van der Waals surface area contributed by atoms with Gasteiger partial charge in [0, 0.05) is 0 Å². The zero-order chi connectivity index (χ0) is 12.3. The average molecular weight is 240 g/mol. The van der Waals surface area contributed by atoms with Crippen molar-refractivity contribution in [2.24, 2.45) is 11.8 Å². The first-order chi connectivity index (χ1) is 8.15. The van der Waals surface area contributed by atoms with Gasteiger partial charge in [-0.3, -0.25) is 9.69 Å². The lowest BCUT2D eigenvalue weighted by Crippen LogP contribution is -3.08. The van der Waals surface area contributed by atoms with E-state index in [0.717, 1.165) is 24.9 Å². The van der Waals surface area contributed by atoms with E-state index in [9.17, 15) is 4.79 Å². The Morgan fingerprint density at radius 2 is 1.71 bits per heavy atom. The highest BCUT2D eigenvalue weighted by Crippen LogP contribution is 2.29. The molecule has 0 amide bonds. The van der Waals surface area contributed by atoms with Crippen LogP contribution in [0.4, 0.5) is 0 Å². The number of aliphatic carboxylic acids is 1. The first kappa shape index (κ1) is 12.8. The Kier molecular flexibility index (Phi) is 4.40. The molecule has 0 spiro atoms. The van der Waals surface area contributed by atoms with E-state index < -0.39 is 5.97 Å². The van der Waals surface area contributed by atoms with Crippen LogP contribution in [0, 0.1) is 18.9 Å². The summed E-state index contributed by atoms with van der Waals surface area (Å²) >= 11 is 0. The van der Waals surface area contributed by atoms with Crippen molar-refractivity contribution in [3.8, 4) is 0 Å². The van der Waals surface area contributed by atoms with Crippen LogP contribution in [-0.2, 0) is 4.79 Å². The number of piperidine rings is 2. The molecule has 2 heterocycles. The fourth-order valence-corrected chi connectivity index (χ4v) is 3.29. The van der Waals surface area contributed by atoms with Crippen molar-refractivity contribution in [1.29, 1.82) is 0 Å². The number of hydrogen-bond acceptors (Lipinski definition) is 2. The monoisotopic (exact) mass is 240 g/mol. The van der Waals surface area contributed by atoms with Gasteiger partial charge in [0.15, 0.2) is 0 Å². The summed E-state index contributed by atoms with van der Waals surface area (Å²) in [5, 5.41) is 8.76. The van der Waals surface area contributed by atoms with E-state index in [1.165, 1.54) is 43.7 Å². The molecular weight excluding hydrogens is 216 g/mol. The van der Waals surface area contributed by atoms with Gasteiger partial charge in [0.2, 0.25) is 0 Å². The Bertz CT molecular complexity index is 254. The van der Waals surface area contributed by atoms with Crippen molar-refractivity contribution in [2.45, 2.75) is 25.7 Å². The molecule has 0 aromatic rings. The summed E-state index contributed by atoms with van der Waals surface area (Å²) in [5.41, 5.74) is 0. The van der Waals surface area contributed by atoms with Crippen molar-refractivity contribution in [3.63, 3.8) is 0 Å². The van der Waals surface area contributed by atoms with Gasteiger partial charge < -0.3 is 10.0 Å². The molecule has 0 atom stereocenters. The minimum absolute atomic E-state index is 0.216. The summed E-state index contributed by atoms with van der Waals surface area (Å²) in [5.74, 6) is 0.998. The number of nitrogens with zero attached hydrogens (tertiary/aromatic N) is 1. The summed E-state index contributed by atoms with van der Waals surface area (Å²) in [6.07, 6.45) is 4.99. The van der Waals surface area contributed by atoms with Crippen molar-refractivity contribution in [2.75, 3.05) is 32.7 Å². The number of carbonyl (C=O) groups is 1. The Morgan fingerprint density at radius 3 is 2.24 bits per heavy atom. The van der Waals surface area contributed by atoms with Crippen molar-refractivity contribution < 1.29 is 14.8 Å². The molecule has 0 aliphatic carbocycles. The summed E-state index contributed by atoms with van der Waals surface area (Å²) in [6, 6.07) is 0. The minimum atomic E-state index is -0.697. The van der Waals surface area contributed by atoms with Crippen LogP contribution in [0.25, 0.3) is 0 Å². The molecule has 4 nitrogen and oxygen atoms in total. The van der Waals surface area contributed by atoms with Gasteiger partial charge >= 0.3 is 5.97 Å². The molecular formula is C13H24N2O2. The highest BCUT2D eigenvalue weighted by atomic mass is 16.4. The first-order valence-corrected chi connectivity index (χ1v) is 6.76. The van der Waals surface area contributed by atoms with E-state index >= 15 is 0 Å². The molecule has 4 heteroatoms. The smallest absolute Gasteiger partial charge is 0.317 e. The molecule has 2 aliphatic heterocycles. The van der Waals surface area contributed by atoms with Crippen LogP contribution in [0.2, 0.25) is 0 Å². The maximum Gasteiger partial charge on any atom is 0.317 e.